The Kier molecular flexibility index (Phi) is 5.20. The molecule has 1 saturated heterocycles. The standard InChI is InChI=1S/C14H18ClFN2O2/c1-9-7-17-5-4-13(9)18-14(19)8-20-10-2-3-12(16)11(15)6-10/h2-3,6,9,13,17H,4-5,7-8H2,1H3,(H,18,19). The summed E-state index contributed by atoms with van der Waals surface area (Å²) >= 11 is 5.64. The molecule has 0 bridgehead atoms. The molecule has 0 radical (unpaired) electrons. The molecule has 1 fully saturated rings. The number of amides is 1. The maximum absolute atomic E-state index is 13.0. The number of benzene rings is 1. The van der Waals surface area contributed by atoms with Gasteiger partial charge in [0.25, 0.3) is 5.91 Å². The van der Waals surface area contributed by atoms with E-state index in [-0.39, 0.29) is 23.6 Å². The molecule has 2 atom stereocenters. The van der Waals surface area contributed by atoms with Crippen LogP contribution >= 0.6 is 11.6 Å². The molecular formula is C14H18ClFN2O2. The fourth-order valence-corrected chi connectivity index (χ4v) is 2.36. The zero-order valence-electron chi connectivity index (χ0n) is 11.3. The second kappa shape index (κ2) is 6.90. The Bertz CT molecular complexity index is 484. The van der Waals surface area contributed by atoms with Crippen molar-refractivity contribution < 1.29 is 13.9 Å². The summed E-state index contributed by atoms with van der Waals surface area (Å²) in [5.41, 5.74) is 0. The number of rotatable bonds is 4. The van der Waals surface area contributed by atoms with Crippen LogP contribution in [-0.2, 0) is 4.79 Å². The molecule has 0 saturated carbocycles. The van der Waals surface area contributed by atoms with Gasteiger partial charge in [-0.25, -0.2) is 4.39 Å². The highest BCUT2D eigenvalue weighted by molar-refractivity contribution is 6.30. The first-order valence-corrected chi connectivity index (χ1v) is 7.02. The summed E-state index contributed by atoms with van der Waals surface area (Å²) in [7, 11) is 0. The van der Waals surface area contributed by atoms with Crippen molar-refractivity contribution in [1.82, 2.24) is 10.6 Å². The maximum atomic E-state index is 13.0. The van der Waals surface area contributed by atoms with Gasteiger partial charge in [0.15, 0.2) is 6.61 Å². The number of carbonyl (C=O) groups excluding carboxylic acids is 1. The largest absolute Gasteiger partial charge is 0.484 e. The van der Waals surface area contributed by atoms with Crippen LogP contribution in [0.2, 0.25) is 5.02 Å². The van der Waals surface area contributed by atoms with E-state index in [0.717, 1.165) is 19.5 Å². The fraction of sp³-hybridized carbons (Fsp3) is 0.500. The number of hydrogen-bond acceptors (Lipinski definition) is 3. The van der Waals surface area contributed by atoms with Gasteiger partial charge in [-0.2, -0.15) is 0 Å². The minimum absolute atomic E-state index is 0.0186. The molecule has 110 valence electrons. The third-order valence-corrected chi connectivity index (χ3v) is 3.68. The quantitative estimate of drug-likeness (QED) is 0.894. The SMILES string of the molecule is CC1CNCCC1NC(=O)COc1ccc(F)c(Cl)c1. The second-order valence-corrected chi connectivity index (χ2v) is 5.42. The number of carbonyl (C=O) groups is 1. The van der Waals surface area contributed by atoms with Gasteiger partial charge in [0, 0.05) is 12.1 Å². The number of hydrogen-bond donors (Lipinski definition) is 2. The van der Waals surface area contributed by atoms with Gasteiger partial charge in [0.05, 0.1) is 5.02 Å². The summed E-state index contributed by atoms with van der Waals surface area (Å²) in [4.78, 5) is 11.8. The molecule has 0 spiro atoms. The molecule has 0 aromatic heterocycles. The molecule has 4 nitrogen and oxygen atoms in total. The van der Waals surface area contributed by atoms with Crippen molar-refractivity contribution in [3.05, 3.63) is 29.0 Å². The molecule has 0 aliphatic carbocycles. The lowest BCUT2D eigenvalue weighted by Crippen LogP contribution is -2.49. The summed E-state index contributed by atoms with van der Waals surface area (Å²) in [5.74, 6) is 0.0917. The molecule has 1 aromatic carbocycles. The van der Waals surface area contributed by atoms with E-state index in [1.807, 2.05) is 0 Å². The van der Waals surface area contributed by atoms with Crippen LogP contribution in [0.1, 0.15) is 13.3 Å². The highest BCUT2D eigenvalue weighted by atomic mass is 35.5. The second-order valence-electron chi connectivity index (χ2n) is 5.01. The Labute approximate surface area is 122 Å². The molecular weight excluding hydrogens is 283 g/mol. The predicted octanol–water partition coefficient (Wildman–Crippen LogP) is 1.97. The molecule has 2 rings (SSSR count). The van der Waals surface area contributed by atoms with Crippen LogP contribution in [-0.4, -0.2) is 31.6 Å². The molecule has 1 aliphatic rings. The Balaban J connectivity index is 1.81. The van der Waals surface area contributed by atoms with Crippen LogP contribution in [0.3, 0.4) is 0 Å². The Hall–Kier alpha value is -1.33. The zero-order chi connectivity index (χ0) is 14.5. The Morgan fingerprint density at radius 2 is 2.40 bits per heavy atom. The average molecular weight is 301 g/mol. The number of nitrogens with one attached hydrogen (secondary N) is 2. The molecule has 2 unspecified atom stereocenters. The minimum Gasteiger partial charge on any atom is -0.484 e. The lowest BCUT2D eigenvalue weighted by molar-refractivity contribution is -0.124. The fourth-order valence-electron chi connectivity index (χ4n) is 2.19. The topological polar surface area (TPSA) is 50.4 Å². The molecule has 6 heteroatoms. The molecule has 1 aromatic rings. The van der Waals surface area contributed by atoms with E-state index in [1.54, 1.807) is 0 Å². The van der Waals surface area contributed by atoms with Crippen LogP contribution in [0.25, 0.3) is 0 Å². The smallest absolute Gasteiger partial charge is 0.258 e. The van der Waals surface area contributed by atoms with E-state index in [0.29, 0.717) is 11.7 Å². The van der Waals surface area contributed by atoms with Gasteiger partial charge in [-0.3, -0.25) is 4.79 Å². The minimum atomic E-state index is -0.507. The summed E-state index contributed by atoms with van der Waals surface area (Å²) in [6, 6.07) is 4.19. The highest BCUT2D eigenvalue weighted by Gasteiger charge is 2.22. The van der Waals surface area contributed by atoms with Gasteiger partial charge in [-0.15, -0.1) is 0 Å². The normalized spacial score (nSPS) is 22.4. The summed E-state index contributed by atoms with van der Waals surface area (Å²) in [5, 5.41) is 6.21. The van der Waals surface area contributed by atoms with Crippen LogP contribution in [0, 0.1) is 11.7 Å². The van der Waals surface area contributed by atoms with Gasteiger partial charge in [0.1, 0.15) is 11.6 Å². The molecule has 1 heterocycles. The number of piperidine rings is 1. The van der Waals surface area contributed by atoms with Crippen molar-refractivity contribution in [1.29, 1.82) is 0 Å². The van der Waals surface area contributed by atoms with E-state index in [4.69, 9.17) is 16.3 Å². The summed E-state index contributed by atoms with van der Waals surface area (Å²) < 4.78 is 18.3. The number of ether oxygens (including phenoxy) is 1. The van der Waals surface area contributed by atoms with Gasteiger partial charge in [-0.05, 0) is 37.6 Å². The summed E-state index contributed by atoms with van der Waals surface area (Å²) in [6.07, 6.45) is 0.912. The number of halogens is 2. The van der Waals surface area contributed by atoms with E-state index < -0.39 is 5.82 Å². The first-order valence-electron chi connectivity index (χ1n) is 6.64. The zero-order valence-corrected chi connectivity index (χ0v) is 12.0. The van der Waals surface area contributed by atoms with Crippen LogP contribution in [0.15, 0.2) is 18.2 Å². The van der Waals surface area contributed by atoms with E-state index >= 15 is 0 Å². The van der Waals surface area contributed by atoms with Crippen molar-refractivity contribution >= 4 is 17.5 Å². The van der Waals surface area contributed by atoms with Gasteiger partial charge in [0.2, 0.25) is 0 Å². The van der Waals surface area contributed by atoms with Crippen molar-refractivity contribution in [2.45, 2.75) is 19.4 Å². The van der Waals surface area contributed by atoms with Crippen molar-refractivity contribution in [2.75, 3.05) is 19.7 Å². The Morgan fingerprint density at radius 3 is 3.10 bits per heavy atom. The van der Waals surface area contributed by atoms with Crippen LogP contribution in [0.4, 0.5) is 4.39 Å². The lowest BCUT2D eigenvalue weighted by Gasteiger charge is -2.30. The highest BCUT2D eigenvalue weighted by Crippen LogP contribution is 2.21. The molecule has 1 aliphatic heterocycles. The third kappa shape index (κ3) is 4.08. The maximum Gasteiger partial charge on any atom is 0.258 e. The van der Waals surface area contributed by atoms with E-state index in [2.05, 4.69) is 17.6 Å². The Morgan fingerprint density at radius 1 is 1.60 bits per heavy atom. The summed E-state index contributed by atoms with van der Waals surface area (Å²) in [6.45, 7) is 3.80. The van der Waals surface area contributed by atoms with Crippen molar-refractivity contribution in [3.8, 4) is 5.75 Å². The van der Waals surface area contributed by atoms with E-state index in [1.165, 1.54) is 18.2 Å². The van der Waals surface area contributed by atoms with Crippen LogP contribution < -0.4 is 15.4 Å². The average Bonchev–Trinajstić information content (AvgIpc) is 2.43. The predicted molar refractivity (Wildman–Crippen MR) is 75.5 cm³/mol. The first-order chi connectivity index (χ1) is 9.56. The van der Waals surface area contributed by atoms with Gasteiger partial charge in [-0.1, -0.05) is 18.5 Å². The monoisotopic (exact) mass is 300 g/mol. The van der Waals surface area contributed by atoms with Crippen molar-refractivity contribution in [2.24, 2.45) is 5.92 Å². The third-order valence-electron chi connectivity index (χ3n) is 3.39. The van der Waals surface area contributed by atoms with Crippen LogP contribution in [0.5, 0.6) is 5.75 Å². The van der Waals surface area contributed by atoms with Crippen molar-refractivity contribution in [3.63, 3.8) is 0 Å². The van der Waals surface area contributed by atoms with Gasteiger partial charge >= 0.3 is 0 Å². The molecule has 2 N–H and O–H groups in total. The van der Waals surface area contributed by atoms with E-state index in [9.17, 15) is 9.18 Å². The van der Waals surface area contributed by atoms with Gasteiger partial charge < -0.3 is 15.4 Å². The molecule has 20 heavy (non-hydrogen) atoms. The first kappa shape index (κ1) is 15.1. The lowest BCUT2D eigenvalue weighted by atomic mass is 9.95. The molecule has 1 amide bonds.